The Morgan fingerprint density at radius 1 is 1.35 bits per heavy atom. The fraction of sp³-hybridized carbons (Fsp3) is 0. The topological polar surface area (TPSA) is 86.0 Å². The van der Waals surface area contributed by atoms with Crippen molar-refractivity contribution >= 4 is 17.7 Å². The Balaban J connectivity index is 2.20. The van der Waals surface area contributed by atoms with Gasteiger partial charge in [-0.2, -0.15) is 5.26 Å². The van der Waals surface area contributed by atoms with Gasteiger partial charge in [0.25, 0.3) is 5.91 Å². The molecule has 20 heavy (non-hydrogen) atoms. The van der Waals surface area contributed by atoms with Crippen molar-refractivity contribution in [1.29, 1.82) is 5.26 Å². The highest BCUT2D eigenvalue weighted by atomic mass is 16.3. The molecular weight excluding hydrogens is 254 g/mol. The number of aromatic nitrogens is 1. The Hall–Kier alpha value is -3.13. The fourth-order valence-electron chi connectivity index (χ4n) is 1.56. The van der Waals surface area contributed by atoms with Crippen molar-refractivity contribution in [3.63, 3.8) is 0 Å². The van der Waals surface area contributed by atoms with Crippen LogP contribution < -0.4 is 5.32 Å². The molecule has 1 amide bonds. The number of nitriles is 1. The maximum absolute atomic E-state index is 11.9. The Bertz CT molecular complexity index is 688. The van der Waals surface area contributed by atoms with Crippen LogP contribution in [0.4, 0.5) is 5.69 Å². The van der Waals surface area contributed by atoms with E-state index >= 15 is 0 Å². The monoisotopic (exact) mass is 265 g/mol. The molecule has 0 radical (unpaired) electrons. The molecule has 1 aromatic heterocycles. The molecule has 1 heterocycles. The van der Waals surface area contributed by atoms with Crippen molar-refractivity contribution in [2.75, 3.05) is 5.32 Å². The van der Waals surface area contributed by atoms with Gasteiger partial charge in [0.2, 0.25) is 0 Å². The summed E-state index contributed by atoms with van der Waals surface area (Å²) in [6.45, 7) is 0. The fourth-order valence-corrected chi connectivity index (χ4v) is 1.56. The molecule has 0 fully saturated rings. The predicted molar refractivity (Wildman–Crippen MR) is 74.6 cm³/mol. The quantitative estimate of drug-likeness (QED) is 0.658. The van der Waals surface area contributed by atoms with E-state index in [9.17, 15) is 9.90 Å². The normalized spacial score (nSPS) is 10.7. The summed E-state index contributed by atoms with van der Waals surface area (Å²) in [6.07, 6.45) is 4.48. The summed E-state index contributed by atoms with van der Waals surface area (Å²) in [5.41, 5.74) is 1.02. The standard InChI is InChI=1S/C15H11N3O2/c16-9-12(7-11-3-1-5-14(19)8-11)15(20)18-13-4-2-6-17-10-13/h1-8,10,19H,(H,18,20)/b12-7+. The van der Waals surface area contributed by atoms with Gasteiger partial charge in [0.15, 0.2) is 0 Å². The van der Waals surface area contributed by atoms with Crippen LogP contribution in [0.15, 0.2) is 54.4 Å². The molecule has 5 heteroatoms. The van der Waals surface area contributed by atoms with Crippen LogP contribution in [0.5, 0.6) is 5.75 Å². The molecule has 1 aromatic carbocycles. The van der Waals surface area contributed by atoms with Crippen LogP contribution in [-0.4, -0.2) is 16.0 Å². The van der Waals surface area contributed by atoms with Crippen LogP contribution in [0.2, 0.25) is 0 Å². The molecule has 0 aliphatic carbocycles. The van der Waals surface area contributed by atoms with Gasteiger partial charge < -0.3 is 10.4 Å². The van der Waals surface area contributed by atoms with Gasteiger partial charge in [-0.1, -0.05) is 12.1 Å². The molecule has 5 nitrogen and oxygen atoms in total. The Kier molecular flexibility index (Phi) is 4.10. The first-order valence-electron chi connectivity index (χ1n) is 5.81. The molecule has 0 spiro atoms. The summed E-state index contributed by atoms with van der Waals surface area (Å²) in [5.74, 6) is -0.451. The summed E-state index contributed by atoms with van der Waals surface area (Å²) in [5, 5.41) is 21.0. The number of nitrogens with one attached hydrogen (secondary N) is 1. The molecule has 0 atom stereocenters. The number of aromatic hydroxyl groups is 1. The lowest BCUT2D eigenvalue weighted by molar-refractivity contribution is -0.112. The molecular formula is C15H11N3O2. The molecule has 0 saturated heterocycles. The highest BCUT2D eigenvalue weighted by Crippen LogP contribution is 2.15. The van der Waals surface area contributed by atoms with Crippen molar-refractivity contribution in [3.05, 3.63) is 59.9 Å². The third-order valence-corrected chi connectivity index (χ3v) is 2.47. The highest BCUT2D eigenvalue weighted by molar-refractivity contribution is 6.09. The predicted octanol–water partition coefficient (Wildman–Crippen LogP) is 2.33. The number of benzene rings is 1. The number of anilines is 1. The Morgan fingerprint density at radius 2 is 2.20 bits per heavy atom. The van der Waals surface area contributed by atoms with E-state index in [0.29, 0.717) is 11.3 Å². The Labute approximate surface area is 115 Å². The van der Waals surface area contributed by atoms with E-state index in [2.05, 4.69) is 10.3 Å². The second-order valence-electron chi connectivity index (χ2n) is 3.96. The minimum Gasteiger partial charge on any atom is -0.508 e. The van der Waals surface area contributed by atoms with Crippen molar-refractivity contribution in [3.8, 4) is 11.8 Å². The number of carbonyl (C=O) groups is 1. The number of pyridine rings is 1. The minimum atomic E-state index is -0.524. The van der Waals surface area contributed by atoms with Crippen molar-refractivity contribution in [1.82, 2.24) is 4.98 Å². The van der Waals surface area contributed by atoms with Crippen LogP contribution in [0.1, 0.15) is 5.56 Å². The first-order valence-corrected chi connectivity index (χ1v) is 5.81. The lowest BCUT2D eigenvalue weighted by Crippen LogP contribution is -2.13. The molecule has 98 valence electrons. The van der Waals surface area contributed by atoms with E-state index in [0.717, 1.165) is 0 Å². The highest BCUT2D eigenvalue weighted by Gasteiger charge is 2.09. The van der Waals surface area contributed by atoms with Gasteiger partial charge in [0.05, 0.1) is 11.9 Å². The summed E-state index contributed by atoms with van der Waals surface area (Å²) < 4.78 is 0. The van der Waals surface area contributed by atoms with Crippen molar-refractivity contribution in [2.45, 2.75) is 0 Å². The van der Waals surface area contributed by atoms with E-state index in [1.807, 2.05) is 6.07 Å². The van der Waals surface area contributed by atoms with E-state index < -0.39 is 5.91 Å². The molecule has 0 bridgehead atoms. The number of carbonyl (C=O) groups excluding carboxylic acids is 1. The van der Waals surface area contributed by atoms with E-state index in [4.69, 9.17) is 5.26 Å². The third-order valence-electron chi connectivity index (χ3n) is 2.47. The van der Waals surface area contributed by atoms with E-state index in [-0.39, 0.29) is 11.3 Å². The minimum absolute atomic E-state index is 0.0561. The van der Waals surface area contributed by atoms with E-state index in [1.54, 1.807) is 30.5 Å². The summed E-state index contributed by atoms with van der Waals surface area (Å²) >= 11 is 0. The van der Waals surface area contributed by atoms with Crippen LogP contribution in [0.3, 0.4) is 0 Å². The Morgan fingerprint density at radius 3 is 2.85 bits per heavy atom. The van der Waals surface area contributed by atoms with Gasteiger partial charge in [0.1, 0.15) is 17.4 Å². The van der Waals surface area contributed by atoms with Gasteiger partial charge in [0, 0.05) is 6.20 Å². The smallest absolute Gasteiger partial charge is 0.266 e. The molecule has 0 aliphatic heterocycles. The van der Waals surface area contributed by atoms with Gasteiger partial charge >= 0.3 is 0 Å². The molecule has 2 N–H and O–H groups in total. The second kappa shape index (κ2) is 6.16. The van der Waals surface area contributed by atoms with Gasteiger partial charge in [-0.05, 0) is 35.9 Å². The molecule has 0 saturated carbocycles. The number of phenols is 1. The third kappa shape index (κ3) is 3.43. The number of nitrogens with zero attached hydrogens (tertiary/aromatic N) is 2. The van der Waals surface area contributed by atoms with Crippen molar-refractivity contribution < 1.29 is 9.90 Å². The average molecular weight is 265 g/mol. The molecule has 2 aromatic rings. The van der Waals surface area contributed by atoms with Crippen LogP contribution in [0, 0.1) is 11.3 Å². The number of phenolic OH excluding ortho intramolecular Hbond substituents is 1. The molecule has 0 unspecified atom stereocenters. The largest absolute Gasteiger partial charge is 0.508 e. The van der Waals surface area contributed by atoms with Crippen LogP contribution in [-0.2, 0) is 4.79 Å². The number of hydrogen-bond acceptors (Lipinski definition) is 4. The summed E-state index contributed by atoms with van der Waals surface area (Å²) in [6, 6.07) is 11.5. The van der Waals surface area contributed by atoms with Gasteiger partial charge in [-0.15, -0.1) is 0 Å². The van der Waals surface area contributed by atoms with Crippen molar-refractivity contribution in [2.24, 2.45) is 0 Å². The maximum atomic E-state index is 11.9. The zero-order valence-corrected chi connectivity index (χ0v) is 10.4. The number of amides is 1. The average Bonchev–Trinajstić information content (AvgIpc) is 2.46. The summed E-state index contributed by atoms with van der Waals surface area (Å²) in [7, 11) is 0. The number of hydrogen-bond donors (Lipinski definition) is 2. The summed E-state index contributed by atoms with van der Waals surface area (Å²) in [4.78, 5) is 15.8. The first kappa shape index (κ1) is 13.3. The maximum Gasteiger partial charge on any atom is 0.266 e. The second-order valence-corrected chi connectivity index (χ2v) is 3.96. The SMILES string of the molecule is N#C/C(=C\c1cccc(O)c1)C(=O)Nc1cccnc1. The zero-order valence-electron chi connectivity index (χ0n) is 10.4. The van der Waals surface area contributed by atoms with Gasteiger partial charge in [-0.25, -0.2) is 0 Å². The van der Waals surface area contributed by atoms with Gasteiger partial charge in [-0.3, -0.25) is 9.78 Å². The molecule has 0 aliphatic rings. The number of rotatable bonds is 3. The van der Waals surface area contributed by atoms with E-state index in [1.165, 1.54) is 24.4 Å². The lowest BCUT2D eigenvalue weighted by Gasteiger charge is -2.03. The van der Waals surface area contributed by atoms with Crippen LogP contribution in [0.25, 0.3) is 6.08 Å². The van der Waals surface area contributed by atoms with Crippen LogP contribution >= 0.6 is 0 Å². The first-order chi connectivity index (χ1) is 9.69. The molecule has 2 rings (SSSR count). The zero-order chi connectivity index (χ0) is 14.4. The lowest BCUT2D eigenvalue weighted by atomic mass is 10.1.